The third-order valence-electron chi connectivity index (χ3n) is 7.94. The molecule has 0 atom stereocenters. The van der Waals surface area contributed by atoms with Crippen molar-refractivity contribution in [3.8, 4) is 17.6 Å². The molecule has 0 saturated carbocycles. The average Bonchev–Trinajstić information content (AvgIpc) is 3.49. The average molecular weight is 717 g/mol. The number of hydrogen-bond donors (Lipinski definition) is 3. The Labute approximate surface area is 305 Å². The number of aromatic nitrogens is 1. The van der Waals surface area contributed by atoms with E-state index in [1.807, 2.05) is 69.3 Å². The van der Waals surface area contributed by atoms with Gasteiger partial charge >= 0.3 is 14.4 Å². The summed E-state index contributed by atoms with van der Waals surface area (Å²) in [5, 5.41) is 11.3. The van der Waals surface area contributed by atoms with Crippen LogP contribution in [0.2, 0.25) is 5.04 Å². The third kappa shape index (κ3) is 9.25. The van der Waals surface area contributed by atoms with Crippen molar-refractivity contribution in [2.45, 2.75) is 58.7 Å². The Hall–Kier alpha value is -5.37. The standard InChI is InChI=1S/C41H44N4O4SSi/c1-8-36(46)43-28-30-17-15-19-31(25-30)42-24-16-18-29-26-34(37-35(27-29)50-38(44-37)45-39(47)48-40(2,3)4)49-51(41(5,6)7,32-20-11-9-12-21-32)33-22-13-10-14-23-33/h8-15,17,19-23,25-27,42H,1,24,28H2,2-7H3,(H,43,46)(H,44,45,47). The van der Waals surface area contributed by atoms with E-state index in [1.54, 1.807) is 0 Å². The molecule has 10 heteroatoms. The van der Waals surface area contributed by atoms with Crippen LogP contribution in [0.25, 0.3) is 10.2 Å². The number of anilines is 2. The number of benzene rings is 4. The van der Waals surface area contributed by atoms with Crippen molar-refractivity contribution in [2.75, 3.05) is 17.2 Å². The molecule has 0 aliphatic rings. The molecule has 5 aromatic rings. The Morgan fingerprint density at radius 3 is 2.18 bits per heavy atom. The number of amides is 2. The summed E-state index contributed by atoms with van der Waals surface area (Å²) in [6.07, 6.45) is 0.680. The molecule has 4 aromatic carbocycles. The van der Waals surface area contributed by atoms with Crippen molar-refractivity contribution >= 4 is 63.1 Å². The zero-order chi connectivity index (χ0) is 36.6. The molecule has 0 radical (unpaired) electrons. The maximum Gasteiger partial charge on any atom is 0.413 e. The number of hydrogen-bond acceptors (Lipinski definition) is 7. The van der Waals surface area contributed by atoms with Crippen LogP contribution in [0.4, 0.5) is 15.6 Å². The Morgan fingerprint density at radius 2 is 1.57 bits per heavy atom. The zero-order valence-corrected chi connectivity index (χ0v) is 31.7. The lowest BCUT2D eigenvalue weighted by molar-refractivity contribution is -0.116. The zero-order valence-electron chi connectivity index (χ0n) is 29.9. The topological polar surface area (TPSA) is 102 Å². The fourth-order valence-corrected chi connectivity index (χ4v) is 11.1. The second-order valence-corrected chi connectivity index (χ2v) is 19.3. The van der Waals surface area contributed by atoms with Crippen LogP contribution in [0.1, 0.15) is 52.7 Å². The second kappa shape index (κ2) is 15.7. The molecule has 0 bridgehead atoms. The Bertz CT molecular complexity index is 2030. The smallest absolute Gasteiger partial charge is 0.413 e. The number of nitrogens with zero attached hydrogens (tertiary/aromatic N) is 1. The number of ether oxygens (including phenoxy) is 1. The monoisotopic (exact) mass is 716 g/mol. The number of fused-ring (bicyclic) bond motifs is 1. The van der Waals surface area contributed by atoms with E-state index in [0.29, 0.717) is 29.5 Å². The number of carbonyl (C=O) groups excluding carboxylic acids is 2. The van der Waals surface area contributed by atoms with Crippen LogP contribution < -0.4 is 30.7 Å². The highest BCUT2D eigenvalue weighted by molar-refractivity contribution is 7.22. The summed E-state index contributed by atoms with van der Waals surface area (Å²) < 4.78 is 13.8. The summed E-state index contributed by atoms with van der Waals surface area (Å²) in [4.78, 5) is 29.2. The molecule has 262 valence electrons. The van der Waals surface area contributed by atoms with E-state index < -0.39 is 20.0 Å². The van der Waals surface area contributed by atoms with Gasteiger partial charge in [0.2, 0.25) is 5.91 Å². The molecule has 1 heterocycles. The van der Waals surface area contributed by atoms with Crippen LogP contribution in [0, 0.1) is 11.8 Å². The summed E-state index contributed by atoms with van der Waals surface area (Å²) >= 11 is 1.34. The van der Waals surface area contributed by atoms with Crippen molar-refractivity contribution in [1.82, 2.24) is 10.3 Å². The molecule has 0 aliphatic heterocycles. The predicted molar refractivity (Wildman–Crippen MR) is 212 cm³/mol. The van der Waals surface area contributed by atoms with Crippen molar-refractivity contribution in [2.24, 2.45) is 0 Å². The third-order valence-corrected chi connectivity index (χ3v) is 13.8. The maximum atomic E-state index is 12.7. The van der Waals surface area contributed by atoms with E-state index in [-0.39, 0.29) is 10.9 Å². The van der Waals surface area contributed by atoms with Gasteiger partial charge in [-0.3, -0.25) is 10.1 Å². The first-order chi connectivity index (χ1) is 24.3. The van der Waals surface area contributed by atoms with Gasteiger partial charge in [-0.05, 0) is 72.1 Å². The fraction of sp³-hybridized carbons (Fsp3) is 0.244. The first kappa shape index (κ1) is 36.9. The van der Waals surface area contributed by atoms with Crippen molar-refractivity contribution < 1.29 is 18.8 Å². The van der Waals surface area contributed by atoms with Crippen molar-refractivity contribution in [1.29, 1.82) is 0 Å². The molecule has 0 unspecified atom stereocenters. The first-order valence-electron chi connectivity index (χ1n) is 16.7. The van der Waals surface area contributed by atoms with Crippen LogP contribution in [-0.4, -0.2) is 37.4 Å². The van der Waals surface area contributed by atoms with Gasteiger partial charge in [0, 0.05) is 17.8 Å². The fourth-order valence-electron chi connectivity index (χ4n) is 5.75. The van der Waals surface area contributed by atoms with Gasteiger partial charge in [-0.1, -0.05) is 123 Å². The summed E-state index contributed by atoms with van der Waals surface area (Å²) in [5.41, 5.74) is 2.59. The molecule has 8 nitrogen and oxygen atoms in total. The molecule has 0 aliphatic carbocycles. The maximum absolute atomic E-state index is 12.7. The van der Waals surface area contributed by atoms with Crippen LogP contribution in [0.5, 0.6) is 5.75 Å². The van der Waals surface area contributed by atoms with E-state index in [9.17, 15) is 9.59 Å². The lowest BCUT2D eigenvalue weighted by Gasteiger charge is -2.43. The normalized spacial score (nSPS) is 11.6. The summed E-state index contributed by atoms with van der Waals surface area (Å²) in [6.45, 7) is 16.4. The minimum atomic E-state index is -3.03. The summed E-state index contributed by atoms with van der Waals surface area (Å²) in [5.74, 6) is 6.94. The van der Waals surface area contributed by atoms with E-state index in [4.69, 9.17) is 14.1 Å². The Balaban J connectivity index is 1.54. The molecule has 0 spiro atoms. The van der Waals surface area contributed by atoms with Crippen LogP contribution >= 0.6 is 11.3 Å². The van der Waals surface area contributed by atoms with E-state index in [1.165, 1.54) is 17.4 Å². The quantitative estimate of drug-likeness (QED) is 0.0774. The number of nitrogens with one attached hydrogen (secondary N) is 3. The van der Waals surface area contributed by atoms with E-state index in [2.05, 4.69) is 104 Å². The van der Waals surface area contributed by atoms with Gasteiger partial charge in [0.05, 0.1) is 11.2 Å². The number of thiazole rings is 1. The second-order valence-electron chi connectivity index (χ2n) is 14.0. The molecular weight excluding hydrogens is 673 g/mol. The van der Waals surface area contributed by atoms with Crippen LogP contribution in [-0.2, 0) is 16.1 Å². The van der Waals surface area contributed by atoms with Gasteiger partial charge in [-0.25, -0.2) is 9.78 Å². The van der Waals surface area contributed by atoms with Crippen LogP contribution in [0.15, 0.2) is 110 Å². The van der Waals surface area contributed by atoms with Gasteiger partial charge in [-0.2, -0.15) is 0 Å². The largest absolute Gasteiger partial charge is 0.532 e. The van der Waals surface area contributed by atoms with Crippen molar-refractivity contribution in [3.05, 3.63) is 121 Å². The lowest BCUT2D eigenvalue weighted by Crippen LogP contribution is -2.68. The highest BCUT2D eigenvalue weighted by Gasteiger charge is 2.52. The predicted octanol–water partition coefficient (Wildman–Crippen LogP) is 7.85. The minimum absolute atomic E-state index is 0.219. The molecular formula is C41H44N4O4SSi. The molecule has 5 rings (SSSR count). The lowest BCUT2D eigenvalue weighted by atomic mass is 10.2. The van der Waals surface area contributed by atoms with Gasteiger partial charge < -0.3 is 19.8 Å². The van der Waals surface area contributed by atoms with Crippen molar-refractivity contribution in [3.63, 3.8) is 0 Å². The van der Waals surface area contributed by atoms with Gasteiger partial charge in [0.25, 0.3) is 0 Å². The van der Waals surface area contributed by atoms with Gasteiger partial charge in [0.1, 0.15) is 16.9 Å². The molecule has 0 fully saturated rings. The number of rotatable bonds is 10. The SMILES string of the molecule is C=CC(=O)NCc1cccc(NCC#Cc2cc(O[Si](c3ccccc3)(c3ccccc3)C(C)(C)C)c3nc(NC(=O)OC(C)(C)C)sc3c2)c1. The highest BCUT2D eigenvalue weighted by Crippen LogP contribution is 2.41. The highest BCUT2D eigenvalue weighted by atomic mass is 32.1. The van der Waals surface area contributed by atoms with Gasteiger partial charge in [0.15, 0.2) is 5.13 Å². The van der Waals surface area contributed by atoms with E-state index in [0.717, 1.165) is 31.9 Å². The first-order valence-corrected chi connectivity index (χ1v) is 19.5. The Morgan fingerprint density at radius 1 is 0.902 bits per heavy atom. The summed E-state index contributed by atoms with van der Waals surface area (Å²) in [6, 6.07) is 32.6. The van der Waals surface area contributed by atoms with Gasteiger partial charge in [-0.15, -0.1) is 0 Å². The number of carbonyl (C=O) groups is 2. The summed E-state index contributed by atoms with van der Waals surface area (Å²) in [7, 11) is -3.03. The van der Waals surface area contributed by atoms with Crippen LogP contribution in [0.3, 0.4) is 0 Å². The molecule has 2 amide bonds. The molecule has 0 saturated heterocycles. The molecule has 51 heavy (non-hydrogen) atoms. The Kier molecular flexibility index (Phi) is 11.3. The minimum Gasteiger partial charge on any atom is -0.532 e. The molecule has 3 N–H and O–H groups in total. The van der Waals surface area contributed by atoms with E-state index >= 15 is 0 Å². The molecule has 1 aromatic heterocycles.